The first-order chi connectivity index (χ1) is 8.99. The lowest BCUT2D eigenvalue weighted by Crippen LogP contribution is -2.17. The highest BCUT2D eigenvalue weighted by atomic mass is 32.2. The van der Waals surface area contributed by atoms with Crippen molar-refractivity contribution >= 4 is 22.7 Å². The smallest absolute Gasteiger partial charge is 0.258 e. The van der Waals surface area contributed by atoms with Gasteiger partial charge in [-0.25, -0.2) is 4.98 Å². The molecule has 0 amide bonds. The molecule has 2 aromatic rings. The number of rotatable bonds is 4. The summed E-state index contributed by atoms with van der Waals surface area (Å²) < 4.78 is 0. The fourth-order valence-corrected chi connectivity index (χ4v) is 2.61. The van der Waals surface area contributed by atoms with Crippen LogP contribution in [-0.4, -0.2) is 26.4 Å². The number of aromatic nitrogens is 2. The number of aromatic amines is 1. The Kier molecular flexibility index (Phi) is 4.27. The largest absolute Gasteiger partial charge is 0.392 e. The summed E-state index contributed by atoms with van der Waals surface area (Å²) in [6.45, 7) is 5.67. The fourth-order valence-electron chi connectivity index (χ4n) is 1.77. The van der Waals surface area contributed by atoms with Crippen LogP contribution in [0.1, 0.15) is 25.2 Å². The number of nitrogens with zero attached hydrogens (tertiary/aromatic N) is 1. The summed E-state index contributed by atoms with van der Waals surface area (Å²) in [5.74, 6) is 1.25. The maximum atomic E-state index is 12.0. The highest BCUT2D eigenvalue weighted by Crippen LogP contribution is 2.19. The molecule has 0 aliphatic heterocycles. The monoisotopic (exact) mass is 278 g/mol. The highest BCUT2D eigenvalue weighted by molar-refractivity contribution is 7.99. The Labute approximate surface area is 116 Å². The number of hydrogen-bond donors (Lipinski definition) is 2. The summed E-state index contributed by atoms with van der Waals surface area (Å²) in [4.78, 5) is 19.3. The SMILES string of the molecule is Cc1cccc2c(=O)[nH]c(CSC(C)C(C)O)nc12. The van der Waals surface area contributed by atoms with E-state index in [1.54, 1.807) is 24.8 Å². The number of hydrogen-bond acceptors (Lipinski definition) is 4. The minimum atomic E-state index is -0.376. The first kappa shape index (κ1) is 14.1. The maximum Gasteiger partial charge on any atom is 0.258 e. The van der Waals surface area contributed by atoms with Crippen LogP contribution in [-0.2, 0) is 5.75 Å². The van der Waals surface area contributed by atoms with Crippen LogP contribution in [0.3, 0.4) is 0 Å². The average Bonchev–Trinajstić information content (AvgIpc) is 2.37. The van der Waals surface area contributed by atoms with Gasteiger partial charge in [-0.05, 0) is 25.5 Å². The number of aliphatic hydroxyl groups excluding tert-OH is 1. The van der Waals surface area contributed by atoms with Gasteiger partial charge in [0.15, 0.2) is 0 Å². The standard InChI is InChI=1S/C14H18N2O2S/c1-8-5-4-6-11-13(8)15-12(16-14(11)18)7-19-10(3)9(2)17/h4-6,9-10,17H,7H2,1-3H3,(H,15,16,18). The highest BCUT2D eigenvalue weighted by Gasteiger charge is 2.11. The minimum Gasteiger partial charge on any atom is -0.392 e. The van der Waals surface area contributed by atoms with Crippen LogP contribution >= 0.6 is 11.8 Å². The van der Waals surface area contributed by atoms with E-state index in [-0.39, 0.29) is 16.9 Å². The van der Waals surface area contributed by atoms with Crippen LogP contribution in [0.2, 0.25) is 0 Å². The summed E-state index contributed by atoms with van der Waals surface area (Å²) in [7, 11) is 0. The Morgan fingerprint density at radius 2 is 2.16 bits per heavy atom. The predicted octanol–water partition coefficient (Wildman–Crippen LogP) is 2.23. The molecule has 0 bridgehead atoms. The summed E-state index contributed by atoms with van der Waals surface area (Å²) in [6, 6.07) is 5.59. The number of nitrogens with one attached hydrogen (secondary N) is 1. The molecule has 0 saturated heterocycles. The van der Waals surface area contributed by atoms with Crippen molar-refractivity contribution in [3.05, 3.63) is 39.9 Å². The van der Waals surface area contributed by atoms with Crippen molar-refractivity contribution < 1.29 is 5.11 Å². The number of aliphatic hydroxyl groups is 1. The third kappa shape index (κ3) is 3.16. The number of H-pyrrole nitrogens is 1. The molecular weight excluding hydrogens is 260 g/mol. The van der Waals surface area contributed by atoms with E-state index >= 15 is 0 Å². The van der Waals surface area contributed by atoms with Crippen molar-refractivity contribution in [2.24, 2.45) is 0 Å². The molecule has 2 N–H and O–H groups in total. The van der Waals surface area contributed by atoms with Gasteiger partial charge in [-0.3, -0.25) is 4.79 Å². The molecule has 2 unspecified atom stereocenters. The zero-order valence-corrected chi connectivity index (χ0v) is 12.1. The van der Waals surface area contributed by atoms with E-state index in [1.165, 1.54) is 0 Å². The Hall–Kier alpha value is -1.33. The number of fused-ring (bicyclic) bond motifs is 1. The van der Waals surface area contributed by atoms with Gasteiger partial charge < -0.3 is 10.1 Å². The van der Waals surface area contributed by atoms with E-state index in [2.05, 4.69) is 9.97 Å². The predicted molar refractivity (Wildman–Crippen MR) is 79.5 cm³/mol. The second-order valence-corrected chi connectivity index (χ2v) is 6.11. The molecule has 0 spiro atoms. The quantitative estimate of drug-likeness (QED) is 0.900. The number of para-hydroxylation sites is 1. The van der Waals surface area contributed by atoms with E-state index in [0.29, 0.717) is 17.0 Å². The molecule has 0 aliphatic rings. The van der Waals surface area contributed by atoms with Crippen molar-refractivity contribution in [3.8, 4) is 0 Å². The van der Waals surface area contributed by atoms with Crippen LogP contribution in [0.4, 0.5) is 0 Å². The molecule has 102 valence electrons. The van der Waals surface area contributed by atoms with Crippen molar-refractivity contribution in [1.82, 2.24) is 9.97 Å². The van der Waals surface area contributed by atoms with Gasteiger partial charge in [0.2, 0.25) is 0 Å². The van der Waals surface area contributed by atoms with E-state index < -0.39 is 0 Å². The van der Waals surface area contributed by atoms with Gasteiger partial charge in [0.05, 0.1) is 22.8 Å². The molecule has 2 atom stereocenters. The van der Waals surface area contributed by atoms with Gasteiger partial charge in [-0.15, -0.1) is 11.8 Å². The van der Waals surface area contributed by atoms with Gasteiger partial charge in [0.25, 0.3) is 5.56 Å². The lowest BCUT2D eigenvalue weighted by atomic mass is 10.1. The van der Waals surface area contributed by atoms with Gasteiger partial charge in [-0.1, -0.05) is 19.1 Å². The Morgan fingerprint density at radius 1 is 1.42 bits per heavy atom. The summed E-state index contributed by atoms with van der Waals surface area (Å²) in [5.41, 5.74) is 1.65. The number of aryl methyl sites for hydroxylation is 1. The maximum absolute atomic E-state index is 12.0. The van der Waals surface area contributed by atoms with E-state index in [9.17, 15) is 9.90 Å². The van der Waals surface area contributed by atoms with Crippen LogP contribution < -0.4 is 5.56 Å². The zero-order chi connectivity index (χ0) is 14.0. The van der Waals surface area contributed by atoms with Gasteiger partial charge in [-0.2, -0.15) is 0 Å². The van der Waals surface area contributed by atoms with Gasteiger partial charge in [0.1, 0.15) is 5.82 Å². The van der Waals surface area contributed by atoms with Crippen molar-refractivity contribution in [1.29, 1.82) is 0 Å². The Bertz CT molecular complexity index is 637. The molecule has 0 saturated carbocycles. The van der Waals surface area contributed by atoms with Crippen LogP contribution in [0.15, 0.2) is 23.0 Å². The topological polar surface area (TPSA) is 66.0 Å². The fraction of sp³-hybridized carbons (Fsp3) is 0.429. The molecule has 1 aromatic heterocycles. The summed E-state index contributed by atoms with van der Waals surface area (Å²) in [5, 5.41) is 10.2. The van der Waals surface area contributed by atoms with Crippen LogP contribution in [0.5, 0.6) is 0 Å². The summed E-state index contributed by atoms with van der Waals surface area (Å²) >= 11 is 1.58. The van der Waals surface area contributed by atoms with E-state index in [4.69, 9.17) is 0 Å². The molecule has 2 rings (SSSR count). The zero-order valence-electron chi connectivity index (χ0n) is 11.3. The molecule has 5 heteroatoms. The third-order valence-corrected chi connectivity index (χ3v) is 4.51. The van der Waals surface area contributed by atoms with Gasteiger partial charge >= 0.3 is 0 Å². The summed E-state index contributed by atoms with van der Waals surface area (Å²) in [6.07, 6.45) is -0.376. The first-order valence-corrected chi connectivity index (χ1v) is 7.32. The van der Waals surface area contributed by atoms with Crippen molar-refractivity contribution in [2.75, 3.05) is 0 Å². The van der Waals surface area contributed by atoms with Crippen molar-refractivity contribution in [3.63, 3.8) is 0 Å². The first-order valence-electron chi connectivity index (χ1n) is 6.27. The second-order valence-electron chi connectivity index (χ2n) is 4.74. The molecule has 19 heavy (non-hydrogen) atoms. The minimum absolute atomic E-state index is 0.103. The lowest BCUT2D eigenvalue weighted by molar-refractivity contribution is 0.196. The Balaban J connectivity index is 2.31. The van der Waals surface area contributed by atoms with E-state index in [0.717, 1.165) is 11.1 Å². The molecule has 0 radical (unpaired) electrons. The molecule has 0 aliphatic carbocycles. The number of benzene rings is 1. The molecule has 4 nitrogen and oxygen atoms in total. The lowest BCUT2D eigenvalue weighted by Gasteiger charge is -2.13. The third-order valence-electron chi connectivity index (χ3n) is 3.15. The molecule has 1 heterocycles. The normalized spacial score (nSPS) is 14.5. The molecule has 1 aromatic carbocycles. The molecule has 0 fully saturated rings. The Morgan fingerprint density at radius 3 is 2.84 bits per heavy atom. The van der Waals surface area contributed by atoms with E-state index in [1.807, 2.05) is 26.0 Å². The van der Waals surface area contributed by atoms with Crippen LogP contribution in [0, 0.1) is 6.92 Å². The second kappa shape index (κ2) is 5.75. The van der Waals surface area contributed by atoms with Gasteiger partial charge in [0, 0.05) is 5.25 Å². The molecular formula is C14H18N2O2S. The van der Waals surface area contributed by atoms with Crippen LogP contribution in [0.25, 0.3) is 10.9 Å². The average molecular weight is 278 g/mol. The van der Waals surface area contributed by atoms with Crippen molar-refractivity contribution in [2.45, 2.75) is 37.9 Å². The number of thioether (sulfide) groups is 1.